The number of carbonyl (C=O) groups is 2. The van der Waals surface area contributed by atoms with E-state index in [4.69, 9.17) is 4.42 Å². The molecule has 30 heavy (non-hydrogen) atoms. The van der Waals surface area contributed by atoms with E-state index in [1.807, 2.05) is 0 Å². The fourth-order valence-electron chi connectivity index (χ4n) is 2.92. The third-order valence-electron chi connectivity index (χ3n) is 4.36. The van der Waals surface area contributed by atoms with Gasteiger partial charge < -0.3 is 24.0 Å². The number of fused-ring (bicyclic) bond motifs is 1. The molecule has 0 fully saturated rings. The molecule has 11 heteroatoms. The summed E-state index contributed by atoms with van der Waals surface area (Å²) >= 11 is 0. The van der Waals surface area contributed by atoms with Crippen LogP contribution in [0.2, 0.25) is 0 Å². The van der Waals surface area contributed by atoms with Crippen LogP contribution >= 0.6 is 0 Å². The molecule has 2 N–H and O–H groups in total. The summed E-state index contributed by atoms with van der Waals surface area (Å²) < 4.78 is 51.3. The van der Waals surface area contributed by atoms with Crippen molar-refractivity contribution >= 4 is 17.5 Å². The number of alkyl halides is 3. The van der Waals surface area contributed by atoms with Gasteiger partial charge in [-0.1, -0.05) is 0 Å². The maximum Gasteiger partial charge on any atom is 0.420 e. The van der Waals surface area contributed by atoms with Crippen molar-refractivity contribution in [1.82, 2.24) is 14.7 Å². The van der Waals surface area contributed by atoms with Gasteiger partial charge in [0.25, 0.3) is 0 Å². The Hall–Kier alpha value is -3.34. The number of hydrogen-bond acceptors (Lipinski definition) is 6. The molecule has 0 radical (unpaired) electrons. The van der Waals surface area contributed by atoms with Gasteiger partial charge in [0, 0.05) is 23.5 Å². The molecule has 8 nitrogen and oxygen atoms in total. The number of pyridine rings is 1. The molecule has 0 bridgehead atoms. The fourth-order valence-corrected chi connectivity index (χ4v) is 2.92. The molecular weight excluding hydrogens is 407 g/mol. The first-order valence-electron chi connectivity index (χ1n) is 8.76. The molecule has 0 saturated heterocycles. The van der Waals surface area contributed by atoms with Gasteiger partial charge in [-0.15, -0.1) is 0 Å². The summed E-state index contributed by atoms with van der Waals surface area (Å²) in [5, 5.41) is 11.9. The van der Waals surface area contributed by atoms with Crippen LogP contribution < -0.4 is 5.32 Å². The lowest BCUT2D eigenvalue weighted by atomic mass is 10.1. The van der Waals surface area contributed by atoms with Crippen molar-refractivity contribution in [3.05, 3.63) is 48.3 Å². The van der Waals surface area contributed by atoms with Crippen LogP contribution in [-0.4, -0.2) is 45.6 Å². The molecule has 0 aliphatic rings. The van der Waals surface area contributed by atoms with Gasteiger partial charge in [0.1, 0.15) is 5.65 Å². The molecule has 0 aromatic carbocycles. The first kappa shape index (κ1) is 21.4. The third kappa shape index (κ3) is 4.46. The van der Waals surface area contributed by atoms with E-state index in [2.05, 4.69) is 15.0 Å². The van der Waals surface area contributed by atoms with Gasteiger partial charge in [-0.05, 0) is 19.1 Å². The molecule has 2 unspecified atom stereocenters. The fraction of sp³-hybridized carbons (Fsp3) is 0.316. The highest BCUT2D eigenvalue weighted by Crippen LogP contribution is 2.35. The highest BCUT2D eigenvalue weighted by Gasteiger charge is 2.35. The van der Waals surface area contributed by atoms with Crippen LogP contribution in [0.25, 0.3) is 16.8 Å². The number of carbonyl (C=O) groups excluding carboxylic acids is 2. The minimum absolute atomic E-state index is 0.0524. The number of aromatic nitrogens is 2. The van der Waals surface area contributed by atoms with Crippen molar-refractivity contribution < 1.29 is 37.0 Å². The molecule has 1 amide bonds. The summed E-state index contributed by atoms with van der Waals surface area (Å²) in [6.45, 7) is 1.29. The Morgan fingerprint density at radius 3 is 2.63 bits per heavy atom. The number of aliphatic hydroxyl groups is 1. The van der Waals surface area contributed by atoms with Crippen LogP contribution in [0.4, 0.5) is 13.2 Å². The maximum atomic E-state index is 13.6. The van der Waals surface area contributed by atoms with Gasteiger partial charge in [-0.25, -0.2) is 9.78 Å². The van der Waals surface area contributed by atoms with Gasteiger partial charge in [0.2, 0.25) is 5.91 Å². The molecule has 160 valence electrons. The number of esters is 1. The smallest absolute Gasteiger partial charge is 0.420 e. The lowest BCUT2D eigenvalue weighted by Gasteiger charge is -2.18. The number of aliphatic hydroxyl groups excluding tert-OH is 1. The SMILES string of the molecule is COC(=O)C(NC(=O)Cc1cn2cc(-c3ccoc3)cc(C(F)(F)F)c2n1)C(C)O. The number of halogens is 3. The Morgan fingerprint density at radius 1 is 1.33 bits per heavy atom. The van der Waals surface area contributed by atoms with Gasteiger partial charge in [-0.3, -0.25) is 4.79 Å². The Labute approximate surface area is 168 Å². The second kappa shape index (κ2) is 8.19. The Morgan fingerprint density at radius 2 is 2.07 bits per heavy atom. The molecule has 0 aliphatic heterocycles. The Kier molecular flexibility index (Phi) is 5.83. The molecule has 0 spiro atoms. The van der Waals surface area contributed by atoms with E-state index in [0.717, 1.165) is 13.2 Å². The molecule has 3 rings (SSSR count). The van der Waals surface area contributed by atoms with Crippen molar-refractivity contribution in [2.45, 2.75) is 31.7 Å². The second-order valence-electron chi connectivity index (χ2n) is 6.60. The monoisotopic (exact) mass is 425 g/mol. The average molecular weight is 425 g/mol. The van der Waals surface area contributed by atoms with Gasteiger partial charge in [0.05, 0.1) is 43.4 Å². The zero-order valence-corrected chi connectivity index (χ0v) is 15.9. The van der Waals surface area contributed by atoms with Crippen molar-refractivity contribution in [1.29, 1.82) is 0 Å². The first-order chi connectivity index (χ1) is 14.1. The number of rotatable bonds is 6. The van der Waals surface area contributed by atoms with Gasteiger partial charge in [-0.2, -0.15) is 13.2 Å². The van der Waals surface area contributed by atoms with Gasteiger partial charge in [0.15, 0.2) is 6.04 Å². The number of hydrogen-bond donors (Lipinski definition) is 2. The number of nitrogens with one attached hydrogen (secondary N) is 1. The molecule has 3 heterocycles. The van der Waals surface area contributed by atoms with E-state index in [1.54, 1.807) is 0 Å². The highest BCUT2D eigenvalue weighted by atomic mass is 19.4. The second-order valence-corrected chi connectivity index (χ2v) is 6.60. The topological polar surface area (TPSA) is 106 Å². The number of nitrogens with zero attached hydrogens (tertiary/aromatic N) is 2. The van der Waals surface area contributed by atoms with E-state index in [-0.39, 0.29) is 16.9 Å². The zero-order valence-electron chi connectivity index (χ0n) is 15.9. The molecule has 3 aromatic rings. The number of imidazole rings is 1. The summed E-state index contributed by atoms with van der Waals surface area (Å²) in [6, 6.07) is 1.17. The first-order valence-corrected chi connectivity index (χ1v) is 8.76. The van der Waals surface area contributed by atoms with E-state index >= 15 is 0 Å². The molecule has 0 saturated carbocycles. The Balaban J connectivity index is 1.92. The van der Waals surface area contributed by atoms with Crippen LogP contribution in [0.15, 0.2) is 41.5 Å². The van der Waals surface area contributed by atoms with Crippen LogP contribution in [-0.2, 0) is 26.9 Å². The van der Waals surface area contributed by atoms with Crippen LogP contribution in [0.1, 0.15) is 18.2 Å². The molecule has 0 aliphatic carbocycles. The summed E-state index contributed by atoms with van der Waals surface area (Å²) in [4.78, 5) is 27.8. The number of methoxy groups -OCH3 is 1. The van der Waals surface area contributed by atoms with Gasteiger partial charge >= 0.3 is 12.1 Å². The van der Waals surface area contributed by atoms with E-state index in [1.165, 1.54) is 42.3 Å². The van der Waals surface area contributed by atoms with Crippen molar-refractivity contribution in [2.75, 3.05) is 7.11 Å². The van der Waals surface area contributed by atoms with Crippen LogP contribution in [0, 0.1) is 0 Å². The number of amides is 1. The predicted octanol–water partition coefficient (Wildman–Crippen LogP) is 2.19. The average Bonchev–Trinajstić information content (AvgIpc) is 3.32. The number of ether oxygens (including phenoxy) is 1. The maximum absolute atomic E-state index is 13.6. The van der Waals surface area contributed by atoms with Crippen molar-refractivity contribution in [3.8, 4) is 11.1 Å². The van der Waals surface area contributed by atoms with E-state index in [9.17, 15) is 27.9 Å². The minimum atomic E-state index is -4.67. The lowest BCUT2D eigenvalue weighted by molar-refractivity contribution is -0.148. The predicted molar refractivity (Wildman–Crippen MR) is 97.2 cm³/mol. The number of furan rings is 1. The highest BCUT2D eigenvalue weighted by molar-refractivity contribution is 5.86. The summed E-state index contributed by atoms with van der Waals surface area (Å²) in [6.07, 6.45) is -0.905. The zero-order chi connectivity index (χ0) is 22.1. The van der Waals surface area contributed by atoms with Crippen molar-refractivity contribution in [2.24, 2.45) is 0 Å². The summed E-state index contributed by atoms with van der Waals surface area (Å²) in [7, 11) is 1.10. The van der Waals surface area contributed by atoms with E-state index < -0.39 is 42.2 Å². The molecule has 3 aromatic heterocycles. The largest absolute Gasteiger partial charge is 0.472 e. The molecular formula is C19H18F3N3O5. The lowest BCUT2D eigenvalue weighted by Crippen LogP contribution is -2.48. The Bertz CT molecular complexity index is 1060. The summed E-state index contributed by atoms with van der Waals surface area (Å²) in [5.74, 6) is -1.56. The van der Waals surface area contributed by atoms with Crippen LogP contribution in [0.3, 0.4) is 0 Å². The quantitative estimate of drug-likeness (QED) is 0.587. The standard InChI is InChI=1S/C19H18F3N3O5/c1-10(26)16(18(28)29-2)24-15(27)6-13-8-25-7-12(11-3-4-30-9-11)5-14(17(25)23-13)19(20,21)22/h3-5,7-10,16,26H,6H2,1-2H3,(H,24,27). The third-order valence-corrected chi connectivity index (χ3v) is 4.36. The van der Waals surface area contributed by atoms with Crippen molar-refractivity contribution in [3.63, 3.8) is 0 Å². The summed E-state index contributed by atoms with van der Waals surface area (Å²) in [5.41, 5.74) is -0.566. The minimum Gasteiger partial charge on any atom is -0.472 e. The molecule has 2 atom stereocenters. The normalized spacial score (nSPS) is 13.8. The van der Waals surface area contributed by atoms with Crippen LogP contribution in [0.5, 0.6) is 0 Å². The van der Waals surface area contributed by atoms with E-state index in [0.29, 0.717) is 5.56 Å².